The average molecular weight is 1310 g/mol. The van der Waals surface area contributed by atoms with Crippen molar-refractivity contribution in [1.29, 1.82) is 0 Å². The maximum absolute atomic E-state index is 8.68. The summed E-state index contributed by atoms with van der Waals surface area (Å²) in [6.45, 7) is 8.05. The maximum atomic E-state index is 8.68. The average Bonchev–Trinajstić information content (AvgIpc) is 4.44. The van der Waals surface area contributed by atoms with Gasteiger partial charge in [0.2, 0.25) is 0 Å². The third kappa shape index (κ3) is 31.1. The van der Waals surface area contributed by atoms with Gasteiger partial charge in [0.1, 0.15) is 0 Å². The predicted octanol–water partition coefficient (Wildman–Crippen LogP) is 17.8. The zero-order valence-corrected chi connectivity index (χ0v) is 56.0. The van der Waals surface area contributed by atoms with Crippen molar-refractivity contribution in [2.75, 3.05) is 85.7 Å². The van der Waals surface area contributed by atoms with E-state index in [0.29, 0.717) is 13.2 Å². The summed E-state index contributed by atoms with van der Waals surface area (Å²) in [6.07, 6.45) is 22.0. The van der Waals surface area contributed by atoms with Crippen LogP contribution in [0.15, 0.2) is 121 Å². The highest BCUT2D eigenvalue weighted by Gasteiger charge is 2.06. The van der Waals surface area contributed by atoms with Crippen LogP contribution in [0.25, 0.3) is 51.1 Å². The monoisotopic (exact) mass is 1310 g/mol. The molecule has 19 nitrogen and oxygen atoms in total. The summed E-state index contributed by atoms with van der Waals surface area (Å²) in [6, 6.07) is 40.9. The molecule has 5 aromatic carbocycles. The fourth-order valence-electron chi connectivity index (χ4n) is 8.47. The van der Waals surface area contributed by atoms with Crippen LogP contribution >= 0.6 is 56.7 Å². The van der Waals surface area contributed by atoms with E-state index in [9.17, 15) is 0 Å². The van der Waals surface area contributed by atoms with E-state index in [2.05, 4.69) is 113 Å². The van der Waals surface area contributed by atoms with Gasteiger partial charge in [0, 0.05) is 59.2 Å². The Morgan fingerprint density at radius 1 is 0.261 bits per heavy atom. The van der Waals surface area contributed by atoms with Crippen LogP contribution in [0, 0.1) is 0 Å². The number of thiazole rings is 5. The van der Waals surface area contributed by atoms with Gasteiger partial charge in [0.15, 0.2) is 25.7 Å². The Morgan fingerprint density at radius 3 is 0.693 bits per heavy atom. The molecule has 0 aliphatic carbocycles. The summed E-state index contributed by atoms with van der Waals surface area (Å²) >= 11 is 8.49. The summed E-state index contributed by atoms with van der Waals surface area (Å²) in [4.78, 5) is 22.5. The molecular weight excluding hydrogens is 1200 g/mol. The van der Waals surface area contributed by atoms with Crippen molar-refractivity contribution in [3.8, 4) is 0 Å². The summed E-state index contributed by atoms with van der Waals surface area (Å²) in [7, 11) is 0. The predicted molar refractivity (Wildman–Crippen MR) is 387 cm³/mol. The Kier molecular flexibility index (Phi) is 45.6. The van der Waals surface area contributed by atoms with Crippen LogP contribution in [0.2, 0.25) is 0 Å². The molecule has 0 saturated heterocycles. The molecular formula is C64H103N15O4S5. The van der Waals surface area contributed by atoms with E-state index in [0.717, 1.165) is 137 Å². The molecule has 0 aliphatic heterocycles. The molecule has 0 bridgehead atoms. The zero-order chi connectivity index (χ0) is 58.2. The van der Waals surface area contributed by atoms with Crippen molar-refractivity contribution < 1.29 is 20.4 Å². The van der Waals surface area contributed by atoms with Crippen LogP contribution in [0.1, 0.15) is 129 Å². The van der Waals surface area contributed by atoms with Crippen molar-refractivity contribution in [3.63, 3.8) is 0 Å². The number of nitrogens with one attached hydrogen (secondary N) is 5. The van der Waals surface area contributed by atoms with Gasteiger partial charge in [-0.15, -0.1) is 0 Å². The smallest absolute Gasteiger partial charge is 0.183 e. The maximum Gasteiger partial charge on any atom is 0.183 e. The van der Waals surface area contributed by atoms with Crippen molar-refractivity contribution >= 4 is 133 Å². The molecule has 24 N–H and O–H groups in total. The second kappa shape index (κ2) is 50.0. The first-order chi connectivity index (χ1) is 41.0. The summed E-state index contributed by atoms with van der Waals surface area (Å²) in [5, 5.41) is 56.2. The van der Waals surface area contributed by atoms with Gasteiger partial charge in [-0.2, -0.15) is 0 Å². The third-order valence-electron chi connectivity index (χ3n) is 13.0. The number of fused-ring (bicyclic) bond motifs is 5. The van der Waals surface area contributed by atoms with Crippen LogP contribution < -0.4 is 57.3 Å². The number of hydrogen-bond donors (Lipinski definition) is 14. The lowest BCUT2D eigenvalue weighted by Crippen LogP contribution is -2.02. The van der Waals surface area contributed by atoms with Gasteiger partial charge in [-0.1, -0.05) is 195 Å². The van der Waals surface area contributed by atoms with Gasteiger partial charge < -0.3 is 77.8 Å². The molecule has 0 aliphatic rings. The first kappa shape index (κ1) is 80.2. The Hall–Kier alpha value is -5.81. The first-order valence-electron chi connectivity index (χ1n) is 29.9. The number of benzene rings is 5. The van der Waals surface area contributed by atoms with E-state index in [1.54, 1.807) is 56.7 Å². The van der Waals surface area contributed by atoms with Crippen molar-refractivity contribution in [3.05, 3.63) is 121 Å². The molecule has 10 rings (SSSR count). The largest absolute Gasteiger partial charge is 0.396 e. The standard InChI is InChI=1S/C15H22N2OS.C15H22N2S.C13H18N2OS.C11H14N2OS.C10H12N2OS.5H3N/c18-12-8-4-2-1-3-7-11-16-15-17-13-9-5-6-10-14(13)19-15;1-2-3-4-5-6-9-12-16-15-17-13-10-7-8-11-14(13)18-15;16-10-6-2-1-5-9-14-13-15-11-7-3-4-8-12(11)17-13;14-8-4-3-7-12-11-13-9-5-1-2-6-10(9)15-11;13-7-3-6-11-10-12-8-4-1-2-5-9(8)14-10;;;;;/h5-6,9-10,18H,1-4,7-8,11-12H2,(H,16,17);7-8,10-11H,2-6,9,12H2,1H3,(H,16,17);3-4,7-8,16H,1-2,5-6,9-10H2,(H,14,15);1-2,5-6,14H,3-4,7-8H2,(H,12,13);1-2,4-5,13H,3,6-7H2,(H,11,12);5*1H3. The molecule has 10 aromatic rings. The Bertz CT molecular complexity index is 3080. The highest BCUT2D eigenvalue weighted by atomic mass is 32.1. The normalized spacial score (nSPS) is 10.2. The quantitative estimate of drug-likeness (QED) is 0.0170. The lowest BCUT2D eigenvalue weighted by atomic mass is 10.1. The number of aromatic nitrogens is 5. The molecule has 0 atom stereocenters. The second-order valence-corrected chi connectivity index (χ2v) is 25.0. The van der Waals surface area contributed by atoms with Gasteiger partial charge in [-0.25, -0.2) is 24.9 Å². The molecule has 0 fully saturated rings. The van der Waals surface area contributed by atoms with Gasteiger partial charge in [0.25, 0.3) is 0 Å². The summed E-state index contributed by atoms with van der Waals surface area (Å²) in [5.41, 5.74) is 5.34. The Balaban J connectivity index is 0.000000544. The molecule has 0 unspecified atom stereocenters. The fraction of sp³-hybridized carbons (Fsp3) is 0.453. The Morgan fingerprint density at radius 2 is 0.455 bits per heavy atom. The summed E-state index contributed by atoms with van der Waals surface area (Å²) < 4.78 is 6.15. The number of unbranched alkanes of at least 4 members (excludes halogenated alkanes) is 14. The molecule has 0 radical (unpaired) electrons. The Labute approximate surface area is 542 Å². The van der Waals surface area contributed by atoms with E-state index >= 15 is 0 Å². The van der Waals surface area contributed by atoms with E-state index in [4.69, 9.17) is 20.4 Å². The minimum atomic E-state index is 0. The van der Waals surface area contributed by atoms with Crippen LogP contribution in [-0.2, 0) is 0 Å². The minimum Gasteiger partial charge on any atom is -0.396 e. The molecule has 0 spiro atoms. The number of anilines is 5. The van der Waals surface area contributed by atoms with Gasteiger partial charge >= 0.3 is 0 Å². The van der Waals surface area contributed by atoms with Crippen LogP contribution in [-0.4, -0.2) is 104 Å². The van der Waals surface area contributed by atoms with Gasteiger partial charge in [-0.3, -0.25) is 0 Å². The highest BCUT2D eigenvalue weighted by Crippen LogP contribution is 2.29. The topological polar surface area (TPSA) is 381 Å². The van der Waals surface area contributed by atoms with E-state index in [-0.39, 0.29) is 44.0 Å². The number of aliphatic hydroxyl groups excluding tert-OH is 4. The molecule has 88 heavy (non-hydrogen) atoms. The van der Waals surface area contributed by atoms with E-state index < -0.39 is 0 Å². The van der Waals surface area contributed by atoms with Crippen molar-refractivity contribution in [1.82, 2.24) is 55.7 Å². The van der Waals surface area contributed by atoms with E-state index in [1.165, 1.54) is 94.1 Å². The van der Waals surface area contributed by atoms with Crippen LogP contribution in [0.4, 0.5) is 25.7 Å². The number of hydrogen-bond acceptors (Lipinski definition) is 24. The number of para-hydroxylation sites is 5. The lowest BCUT2D eigenvalue weighted by Gasteiger charge is -2.02. The molecule has 5 aromatic heterocycles. The fourth-order valence-corrected chi connectivity index (χ4v) is 12.9. The molecule has 0 amide bonds. The van der Waals surface area contributed by atoms with Crippen LogP contribution in [0.3, 0.4) is 0 Å². The second-order valence-electron chi connectivity index (χ2n) is 19.8. The first-order valence-corrected chi connectivity index (χ1v) is 34.0. The minimum absolute atomic E-state index is 0. The summed E-state index contributed by atoms with van der Waals surface area (Å²) in [5.74, 6) is 0. The third-order valence-corrected chi connectivity index (χ3v) is 17.9. The molecule has 488 valence electrons. The van der Waals surface area contributed by atoms with Gasteiger partial charge in [0.05, 0.1) is 51.1 Å². The number of nitrogens with zero attached hydrogens (tertiary/aromatic N) is 5. The number of rotatable bonds is 33. The van der Waals surface area contributed by atoms with Crippen molar-refractivity contribution in [2.45, 2.75) is 129 Å². The molecule has 24 heteroatoms. The van der Waals surface area contributed by atoms with Crippen LogP contribution in [0.5, 0.6) is 0 Å². The molecule has 5 heterocycles. The zero-order valence-electron chi connectivity index (χ0n) is 51.9. The van der Waals surface area contributed by atoms with Crippen molar-refractivity contribution in [2.24, 2.45) is 0 Å². The lowest BCUT2D eigenvalue weighted by molar-refractivity contribution is 0.282. The molecule has 0 saturated carbocycles. The number of aliphatic hydroxyl groups is 4. The van der Waals surface area contributed by atoms with E-state index in [1.807, 2.05) is 66.7 Å². The van der Waals surface area contributed by atoms with Gasteiger partial charge in [-0.05, 0) is 112 Å². The SMILES string of the molecule is CCCCCCCCNc1nc2ccccc2s1.N.N.N.N.N.OCCCCCCCCNc1nc2ccccc2s1.OCCCCCCNc1nc2ccccc2s1.OCCCCNc1nc2ccccc2s1.OCCCNc1nc2ccccc2s1. The highest BCUT2D eigenvalue weighted by molar-refractivity contribution is 7.23.